The molecule has 33 heavy (non-hydrogen) atoms. The Morgan fingerprint density at radius 2 is 1.94 bits per heavy atom. The van der Waals surface area contributed by atoms with Crippen LogP contribution in [0.1, 0.15) is 31.0 Å². The van der Waals surface area contributed by atoms with E-state index < -0.39 is 17.7 Å². The first-order chi connectivity index (χ1) is 16.0. The van der Waals surface area contributed by atoms with E-state index in [4.69, 9.17) is 9.73 Å². The summed E-state index contributed by atoms with van der Waals surface area (Å²) in [5, 5.41) is 7.21. The SMILES string of the molecule is CC(=O)C1C2c3ccccc3O[C@]1(C)N=c1s/c(=C\c3cn[nH]c3-c3ccccc3)c(=O)n12. The molecule has 2 aromatic carbocycles. The molecule has 1 N–H and O–H groups in total. The first-order valence-electron chi connectivity index (χ1n) is 10.7. The molecule has 0 saturated carbocycles. The molecule has 0 amide bonds. The third-order valence-electron chi connectivity index (χ3n) is 6.34. The second kappa shape index (κ2) is 7.11. The number of carbonyl (C=O) groups is 1. The fourth-order valence-electron chi connectivity index (χ4n) is 4.94. The molecule has 0 saturated heterocycles. The number of ether oxygens (including phenoxy) is 1. The number of thiazole rings is 1. The van der Waals surface area contributed by atoms with Gasteiger partial charge in [-0.2, -0.15) is 5.10 Å². The van der Waals surface area contributed by atoms with E-state index in [1.54, 1.807) is 10.8 Å². The highest BCUT2D eigenvalue weighted by atomic mass is 32.1. The molecule has 164 valence electrons. The lowest BCUT2D eigenvalue weighted by atomic mass is 9.79. The molecule has 6 rings (SSSR count). The maximum atomic E-state index is 13.7. The van der Waals surface area contributed by atoms with Crippen molar-refractivity contribution in [1.82, 2.24) is 14.8 Å². The van der Waals surface area contributed by atoms with Crippen molar-refractivity contribution in [3.8, 4) is 17.0 Å². The van der Waals surface area contributed by atoms with Gasteiger partial charge in [-0.1, -0.05) is 59.9 Å². The quantitative estimate of drug-likeness (QED) is 0.513. The van der Waals surface area contributed by atoms with Crippen molar-refractivity contribution in [2.75, 3.05) is 0 Å². The topological polar surface area (TPSA) is 89.3 Å². The van der Waals surface area contributed by atoms with Crippen molar-refractivity contribution in [2.45, 2.75) is 25.6 Å². The van der Waals surface area contributed by atoms with Gasteiger partial charge in [0, 0.05) is 16.7 Å². The molecule has 2 aromatic heterocycles. The Labute approximate surface area is 192 Å². The van der Waals surface area contributed by atoms with Crippen molar-refractivity contribution in [3.63, 3.8) is 0 Å². The summed E-state index contributed by atoms with van der Waals surface area (Å²) in [6, 6.07) is 16.9. The van der Waals surface area contributed by atoms with E-state index in [2.05, 4.69) is 10.2 Å². The number of fused-ring (bicyclic) bond motifs is 6. The van der Waals surface area contributed by atoms with Gasteiger partial charge in [-0.25, -0.2) is 4.99 Å². The van der Waals surface area contributed by atoms with Gasteiger partial charge in [-0.05, 0) is 26.0 Å². The Kier molecular flexibility index (Phi) is 4.28. The lowest BCUT2D eigenvalue weighted by molar-refractivity contribution is -0.132. The zero-order valence-corrected chi connectivity index (χ0v) is 18.8. The van der Waals surface area contributed by atoms with Crippen LogP contribution >= 0.6 is 11.3 Å². The van der Waals surface area contributed by atoms with E-state index in [1.807, 2.05) is 67.6 Å². The van der Waals surface area contributed by atoms with Crippen molar-refractivity contribution >= 4 is 23.2 Å². The summed E-state index contributed by atoms with van der Waals surface area (Å²) in [6.45, 7) is 3.36. The van der Waals surface area contributed by atoms with E-state index >= 15 is 0 Å². The Morgan fingerprint density at radius 1 is 1.18 bits per heavy atom. The van der Waals surface area contributed by atoms with Crippen LogP contribution in [-0.4, -0.2) is 26.3 Å². The van der Waals surface area contributed by atoms with Gasteiger partial charge in [0.25, 0.3) is 5.56 Å². The minimum absolute atomic E-state index is 0.0590. The summed E-state index contributed by atoms with van der Waals surface area (Å²) in [5.41, 5.74) is 2.22. The molecule has 0 radical (unpaired) electrons. The molecule has 0 aliphatic carbocycles. The highest BCUT2D eigenvalue weighted by Crippen LogP contribution is 2.47. The number of benzene rings is 2. The van der Waals surface area contributed by atoms with Crippen LogP contribution in [0.4, 0.5) is 0 Å². The van der Waals surface area contributed by atoms with Gasteiger partial charge in [0.1, 0.15) is 17.5 Å². The highest BCUT2D eigenvalue weighted by molar-refractivity contribution is 7.07. The molecular formula is C25H20N4O3S. The Bertz CT molecular complexity index is 1580. The van der Waals surface area contributed by atoms with E-state index in [0.717, 1.165) is 22.4 Å². The van der Waals surface area contributed by atoms with Gasteiger partial charge in [0.2, 0.25) is 5.72 Å². The van der Waals surface area contributed by atoms with Gasteiger partial charge in [-0.3, -0.25) is 19.3 Å². The average molecular weight is 457 g/mol. The number of para-hydroxylation sites is 1. The van der Waals surface area contributed by atoms with Gasteiger partial charge in [0.15, 0.2) is 4.80 Å². The number of hydrogen-bond donors (Lipinski definition) is 1. The fourth-order valence-corrected chi connectivity index (χ4v) is 6.03. The summed E-state index contributed by atoms with van der Waals surface area (Å²) in [4.78, 5) is 31.7. The number of aromatic nitrogens is 3. The second-order valence-electron chi connectivity index (χ2n) is 8.47. The van der Waals surface area contributed by atoms with Gasteiger partial charge in [-0.15, -0.1) is 0 Å². The number of Topliss-reactive ketones (excluding diaryl/α,β-unsaturated/α-hetero) is 1. The zero-order valence-electron chi connectivity index (χ0n) is 18.0. The Balaban J connectivity index is 1.59. The number of carbonyl (C=O) groups excluding carboxylic acids is 1. The van der Waals surface area contributed by atoms with Crippen molar-refractivity contribution < 1.29 is 9.53 Å². The standard InChI is InChI=1S/C25H20N4O3S/c1-14(30)20-22-17-10-6-7-11-18(17)32-25(20,2)27-24-29(22)23(31)19(33-24)12-16-13-26-28-21(16)15-8-4-3-5-9-15/h3-13,20,22H,1-2H3,(H,26,28)/b19-12-/t20?,22?,25-/m0/s1. The highest BCUT2D eigenvalue weighted by Gasteiger charge is 2.53. The summed E-state index contributed by atoms with van der Waals surface area (Å²) in [7, 11) is 0. The van der Waals surface area contributed by atoms with Crippen LogP contribution in [0.15, 0.2) is 70.6 Å². The summed E-state index contributed by atoms with van der Waals surface area (Å²) < 4.78 is 8.42. The molecule has 7 nitrogen and oxygen atoms in total. The molecule has 3 atom stereocenters. The number of hydrogen-bond acceptors (Lipinski definition) is 6. The van der Waals surface area contributed by atoms with Gasteiger partial charge >= 0.3 is 0 Å². The minimum Gasteiger partial charge on any atom is -0.465 e. The molecule has 0 spiro atoms. The molecule has 0 fully saturated rings. The molecule has 2 bridgehead atoms. The predicted molar refractivity (Wildman–Crippen MR) is 125 cm³/mol. The molecule has 2 unspecified atom stereocenters. The summed E-state index contributed by atoms with van der Waals surface area (Å²) >= 11 is 1.30. The fraction of sp³-hybridized carbons (Fsp3) is 0.200. The Morgan fingerprint density at radius 3 is 2.73 bits per heavy atom. The van der Waals surface area contributed by atoms with E-state index in [9.17, 15) is 9.59 Å². The maximum Gasteiger partial charge on any atom is 0.270 e. The van der Waals surface area contributed by atoms with Crippen LogP contribution in [-0.2, 0) is 4.79 Å². The van der Waals surface area contributed by atoms with Crippen molar-refractivity contribution in [3.05, 3.63) is 91.6 Å². The molecule has 2 aliphatic rings. The minimum atomic E-state index is -1.07. The number of ketones is 1. The normalized spacial score (nSPS) is 23.3. The molecule has 2 aliphatic heterocycles. The van der Waals surface area contributed by atoms with Crippen LogP contribution < -0.4 is 19.6 Å². The van der Waals surface area contributed by atoms with E-state index in [-0.39, 0.29) is 11.3 Å². The van der Waals surface area contributed by atoms with Crippen LogP contribution in [0.5, 0.6) is 5.75 Å². The zero-order chi connectivity index (χ0) is 22.7. The van der Waals surface area contributed by atoms with E-state index in [0.29, 0.717) is 15.1 Å². The van der Waals surface area contributed by atoms with E-state index in [1.165, 1.54) is 18.3 Å². The smallest absolute Gasteiger partial charge is 0.270 e. The van der Waals surface area contributed by atoms with Gasteiger partial charge < -0.3 is 4.74 Å². The molecular weight excluding hydrogens is 436 g/mol. The third kappa shape index (κ3) is 2.94. The molecule has 4 heterocycles. The van der Waals surface area contributed by atoms with Crippen LogP contribution in [0.2, 0.25) is 0 Å². The number of nitrogens with zero attached hydrogens (tertiary/aromatic N) is 3. The molecule has 4 aromatic rings. The first-order valence-corrected chi connectivity index (χ1v) is 11.5. The number of nitrogens with one attached hydrogen (secondary N) is 1. The van der Waals surface area contributed by atoms with Gasteiger partial charge in [0.05, 0.1) is 22.5 Å². The summed E-state index contributed by atoms with van der Waals surface area (Å²) in [5.74, 6) is 0.00631. The first kappa shape index (κ1) is 19.9. The average Bonchev–Trinajstić information content (AvgIpc) is 3.37. The largest absolute Gasteiger partial charge is 0.465 e. The molecule has 8 heteroatoms. The second-order valence-corrected chi connectivity index (χ2v) is 9.48. The Hall–Kier alpha value is -3.78. The number of aromatic amines is 1. The van der Waals surface area contributed by atoms with Crippen LogP contribution in [0, 0.1) is 5.92 Å². The third-order valence-corrected chi connectivity index (χ3v) is 7.32. The maximum absolute atomic E-state index is 13.7. The lowest BCUT2D eigenvalue weighted by Gasteiger charge is -2.45. The summed E-state index contributed by atoms with van der Waals surface area (Å²) in [6.07, 6.45) is 3.54. The van der Waals surface area contributed by atoms with Crippen LogP contribution in [0.3, 0.4) is 0 Å². The monoisotopic (exact) mass is 456 g/mol. The number of H-pyrrole nitrogens is 1. The van der Waals surface area contributed by atoms with Crippen molar-refractivity contribution in [1.29, 1.82) is 0 Å². The van der Waals surface area contributed by atoms with Crippen molar-refractivity contribution in [2.24, 2.45) is 10.9 Å². The van der Waals surface area contributed by atoms with Crippen LogP contribution in [0.25, 0.3) is 17.3 Å². The predicted octanol–water partition coefficient (Wildman–Crippen LogP) is 2.67. The lowest BCUT2D eigenvalue weighted by Crippen LogP contribution is -2.58. The number of rotatable bonds is 3.